The van der Waals surface area contributed by atoms with Crippen LogP contribution in [0.5, 0.6) is 0 Å². The molecule has 5 rings (SSSR count). The van der Waals surface area contributed by atoms with Crippen LogP contribution in [0.4, 0.5) is 0 Å². The molecule has 3 aromatic rings. The highest BCUT2D eigenvalue weighted by molar-refractivity contribution is 6.31. The summed E-state index contributed by atoms with van der Waals surface area (Å²) in [6.07, 6.45) is 7.57. The van der Waals surface area contributed by atoms with E-state index in [1.165, 1.54) is 18.4 Å². The van der Waals surface area contributed by atoms with Gasteiger partial charge in [0.05, 0.1) is 12.2 Å². The molecule has 1 atom stereocenters. The lowest BCUT2D eigenvalue weighted by Gasteiger charge is -2.44. The smallest absolute Gasteiger partial charge is 0.273 e. The highest BCUT2D eigenvalue weighted by atomic mass is 35.5. The summed E-state index contributed by atoms with van der Waals surface area (Å²) in [5, 5.41) is 8.66. The van der Waals surface area contributed by atoms with E-state index < -0.39 is 5.54 Å². The molecule has 194 valence electrons. The second-order valence-corrected chi connectivity index (χ2v) is 10.9. The quantitative estimate of drug-likeness (QED) is 0.406. The highest BCUT2D eigenvalue weighted by Gasteiger charge is 2.48. The number of halogens is 1. The highest BCUT2D eigenvalue weighted by Crippen LogP contribution is 2.33. The van der Waals surface area contributed by atoms with E-state index in [1.807, 2.05) is 49.4 Å². The van der Waals surface area contributed by atoms with Crippen LogP contribution in [-0.4, -0.2) is 38.1 Å². The van der Waals surface area contributed by atoms with Gasteiger partial charge in [0.25, 0.3) is 5.91 Å². The summed E-state index contributed by atoms with van der Waals surface area (Å²) in [5.74, 6) is -0.344. The van der Waals surface area contributed by atoms with Crippen molar-refractivity contribution < 1.29 is 9.59 Å². The van der Waals surface area contributed by atoms with E-state index in [9.17, 15) is 9.59 Å². The molecule has 1 saturated carbocycles. The molecule has 0 radical (unpaired) electrons. The summed E-state index contributed by atoms with van der Waals surface area (Å²) in [4.78, 5) is 29.6. The SMILES string of the molecule is CCc1ccc(-c2cc3n(n2)CC(C)(C(=O)NC2CCCCCC2)N(Cc2ccccc2Cl)C3=O)cc1. The Morgan fingerprint density at radius 2 is 1.78 bits per heavy atom. The fourth-order valence-electron chi connectivity index (χ4n) is 5.50. The average Bonchev–Trinajstić information content (AvgIpc) is 3.15. The predicted octanol–water partition coefficient (Wildman–Crippen LogP) is 6.02. The molecule has 0 saturated heterocycles. The van der Waals surface area contributed by atoms with Crippen LogP contribution in [0.25, 0.3) is 11.3 Å². The van der Waals surface area contributed by atoms with Gasteiger partial charge in [-0.3, -0.25) is 14.3 Å². The zero-order valence-electron chi connectivity index (χ0n) is 21.7. The number of carbonyl (C=O) groups excluding carboxylic acids is 2. The van der Waals surface area contributed by atoms with Crippen LogP contribution in [0.1, 0.15) is 74.0 Å². The summed E-state index contributed by atoms with van der Waals surface area (Å²) in [7, 11) is 0. The minimum absolute atomic E-state index is 0.130. The van der Waals surface area contributed by atoms with Gasteiger partial charge in [-0.2, -0.15) is 5.10 Å². The lowest BCUT2D eigenvalue weighted by atomic mass is 9.93. The first-order chi connectivity index (χ1) is 17.9. The summed E-state index contributed by atoms with van der Waals surface area (Å²) in [6.45, 7) is 4.51. The van der Waals surface area contributed by atoms with Crippen LogP contribution in [0, 0.1) is 0 Å². The number of aryl methyl sites for hydroxylation is 1. The second-order valence-electron chi connectivity index (χ2n) is 10.5. The third-order valence-corrected chi connectivity index (χ3v) is 8.29. The molecule has 2 amide bonds. The molecular weight excluding hydrogens is 484 g/mol. The maximum atomic E-state index is 14.0. The van der Waals surface area contributed by atoms with Crippen LogP contribution < -0.4 is 5.32 Å². The van der Waals surface area contributed by atoms with Crippen LogP contribution in [0.3, 0.4) is 0 Å². The van der Waals surface area contributed by atoms with Crippen molar-refractivity contribution in [2.24, 2.45) is 0 Å². The molecule has 1 aliphatic carbocycles. The zero-order valence-corrected chi connectivity index (χ0v) is 22.4. The number of amides is 2. The Labute approximate surface area is 224 Å². The third kappa shape index (κ3) is 5.17. The van der Waals surface area contributed by atoms with Crippen molar-refractivity contribution in [1.82, 2.24) is 20.0 Å². The van der Waals surface area contributed by atoms with E-state index in [1.54, 1.807) is 9.58 Å². The Balaban J connectivity index is 1.50. The molecule has 2 aliphatic rings. The van der Waals surface area contributed by atoms with E-state index >= 15 is 0 Å². The van der Waals surface area contributed by atoms with E-state index in [2.05, 4.69) is 24.4 Å². The van der Waals surface area contributed by atoms with E-state index in [-0.39, 0.29) is 30.9 Å². The predicted molar refractivity (Wildman–Crippen MR) is 146 cm³/mol. The Morgan fingerprint density at radius 1 is 1.08 bits per heavy atom. The minimum atomic E-state index is -1.11. The largest absolute Gasteiger partial charge is 0.351 e. The molecule has 0 spiro atoms. The molecular formula is C30H35ClN4O2. The lowest BCUT2D eigenvalue weighted by Crippen LogP contribution is -2.64. The maximum absolute atomic E-state index is 14.0. The van der Waals surface area contributed by atoms with Crippen LogP contribution in [-0.2, 0) is 24.3 Å². The van der Waals surface area contributed by atoms with Gasteiger partial charge >= 0.3 is 0 Å². The Morgan fingerprint density at radius 3 is 2.46 bits per heavy atom. The van der Waals surface area contributed by atoms with Gasteiger partial charge in [0.1, 0.15) is 11.2 Å². The fourth-order valence-corrected chi connectivity index (χ4v) is 5.70. The van der Waals surface area contributed by atoms with Gasteiger partial charge in [-0.05, 0) is 49.4 Å². The molecule has 1 aliphatic heterocycles. The molecule has 2 heterocycles. The molecule has 7 heteroatoms. The molecule has 6 nitrogen and oxygen atoms in total. The van der Waals surface area contributed by atoms with E-state index in [0.717, 1.165) is 48.9 Å². The Kier molecular flexibility index (Phi) is 7.38. The molecule has 1 unspecified atom stereocenters. The minimum Gasteiger partial charge on any atom is -0.351 e. The second kappa shape index (κ2) is 10.7. The van der Waals surface area contributed by atoms with Gasteiger partial charge in [-0.25, -0.2) is 0 Å². The molecule has 1 N–H and O–H groups in total. The van der Waals surface area contributed by atoms with Crippen molar-refractivity contribution in [1.29, 1.82) is 0 Å². The van der Waals surface area contributed by atoms with Crippen molar-refractivity contribution in [3.8, 4) is 11.3 Å². The molecule has 1 fully saturated rings. The topological polar surface area (TPSA) is 67.2 Å². The van der Waals surface area contributed by atoms with E-state index in [0.29, 0.717) is 10.7 Å². The van der Waals surface area contributed by atoms with E-state index in [4.69, 9.17) is 16.7 Å². The Hall–Kier alpha value is -3.12. The average molecular weight is 519 g/mol. The van der Waals surface area contributed by atoms with Crippen molar-refractivity contribution in [3.63, 3.8) is 0 Å². The summed E-state index contributed by atoms with van der Waals surface area (Å²) < 4.78 is 1.71. The number of nitrogens with zero attached hydrogens (tertiary/aromatic N) is 3. The number of hydrogen-bond donors (Lipinski definition) is 1. The summed E-state index contributed by atoms with van der Waals surface area (Å²) >= 11 is 6.49. The van der Waals surface area contributed by atoms with Crippen molar-refractivity contribution >= 4 is 23.4 Å². The normalized spacial score (nSPS) is 20.4. The van der Waals surface area contributed by atoms with Gasteiger partial charge < -0.3 is 10.2 Å². The summed E-state index contributed by atoms with van der Waals surface area (Å²) in [6, 6.07) is 17.7. The lowest BCUT2D eigenvalue weighted by molar-refractivity contribution is -0.134. The van der Waals surface area contributed by atoms with Gasteiger partial charge in [-0.15, -0.1) is 0 Å². The molecule has 1 aromatic heterocycles. The monoisotopic (exact) mass is 518 g/mol. The van der Waals surface area contributed by atoms with Crippen LogP contribution in [0.2, 0.25) is 5.02 Å². The summed E-state index contributed by atoms with van der Waals surface area (Å²) in [5.41, 5.74) is 3.13. The number of benzene rings is 2. The van der Waals surface area contributed by atoms with Gasteiger partial charge in [0.2, 0.25) is 5.91 Å². The first-order valence-corrected chi connectivity index (χ1v) is 13.8. The first-order valence-electron chi connectivity index (χ1n) is 13.4. The standard InChI is InChI=1S/C30H35ClN4O2/c1-3-21-14-16-22(17-15-21)26-18-27-28(36)34(19-23-10-8-9-13-25(23)31)30(2,20-35(27)33-26)29(37)32-24-11-6-4-5-7-12-24/h8-10,13-18,24H,3-7,11-12,19-20H2,1-2H3,(H,32,37). The van der Waals surface area contributed by atoms with Gasteiger partial charge in [0.15, 0.2) is 0 Å². The number of rotatable bonds is 6. The Bertz CT molecular complexity index is 1280. The van der Waals surface area contributed by atoms with Crippen molar-refractivity contribution in [3.05, 3.63) is 76.4 Å². The van der Waals surface area contributed by atoms with Gasteiger partial charge in [-0.1, -0.05) is 86.7 Å². The number of aromatic nitrogens is 2. The zero-order chi connectivity index (χ0) is 26.0. The van der Waals surface area contributed by atoms with Crippen LogP contribution in [0.15, 0.2) is 54.6 Å². The maximum Gasteiger partial charge on any atom is 0.273 e. The number of fused-ring (bicyclic) bond motifs is 1. The third-order valence-electron chi connectivity index (χ3n) is 7.92. The van der Waals surface area contributed by atoms with Gasteiger partial charge in [0, 0.05) is 23.2 Å². The fraction of sp³-hybridized carbons (Fsp3) is 0.433. The molecule has 0 bridgehead atoms. The number of hydrogen-bond acceptors (Lipinski definition) is 3. The van der Waals surface area contributed by atoms with Crippen molar-refractivity contribution in [2.75, 3.05) is 0 Å². The molecule has 2 aromatic carbocycles. The molecule has 37 heavy (non-hydrogen) atoms. The number of nitrogens with one attached hydrogen (secondary N) is 1. The first kappa shape index (κ1) is 25.5. The number of carbonyl (C=O) groups is 2. The van der Waals surface area contributed by atoms with Crippen molar-refractivity contribution in [2.45, 2.75) is 83.5 Å². The van der Waals surface area contributed by atoms with Crippen LogP contribution >= 0.6 is 11.6 Å².